The fourth-order valence-corrected chi connectivity index (χ4v) is 7.63. The summed E-state index contributed by atoms with van der Waals surface area (Å²) >= 11 is 4.03. The topological polar surface area (TPSA) is 164 Å². The molecule has 0 aromatic carbocycles. The standard InChI is InChI=1S/C22H25N7O5S3/c1-3-34-26-14(17-25-22(23)37-27-17)18(30)24-15-19(31)29-16(21(32)33)11(8-35-20(15)29)7-28-9-36-13-6-10(2)4-5-12(13)28/h9-10,15,20H,3-8H2,1-2H3,(H3-,23,24,25,27,30,32,33)/p+1/b26-14-/t10?,15-,20+/m1/s1. The first-order chi connectivity index (χ1) is 17.8. The molecule has 3 atom stereocenters. The Morgan fingerprint density at radius 3 is 2.95 bits per heavy atom. The molecule has 1 aliphatic carbocycles. The van der Waals surface area contributed by atoms with Crippen molar-refractivity contribution in [3.05, 3.63) is 33.2 Å². The lowest BCUT2D eigenvalue weighted by Gasteiger charge is -2.49. The molecular weight excluding hydrogens is 538 g/mol. The smallest absolute Gasteiger partial charge is 0.352 e. The molecule has 0 spiro atoms. The van der Waals surface area contributed by atoms with E-state index in [4.69, 9.17) is 10.6 Å². The predicted molar refractivity (Wildman–Crippen MR) is 138 cm³/mol. The van der Waals surface area contributed by atoms with Crippen LogP contribution in [0, 0.1) is 5.92 Å². The van der Waals surface area contributed by atoms with E-state index < -0.39 is 29.2 Å². The number of aromatic nitrogens is 3. The summed E-state index contributed by atoms with van der Waals surface area (Å²) in [5.41, 5.74) is 9.40. The molecule has 4 N–H and O–H groups in total. The van der Waals surface area contributed by atoms with Crippen LogP contribution in [0.15, 0.2) is 21.9 Å². The van der Waals surface area contributed by atoms with Crippen molar-refractivity contribution in [1.29, 1.82) is 0 Å². The van der Waals surface area contributed by atoms with E-state index in [9.17, 15) is 19.5 Å². The van der Waals surface area contributed by atoms with Gasteiger partial charge in [0.1, 0.15) is 23.7 Å². The van der Waals surface area contributed by atoms with Crippen LogP contribution < -0.4 is 15.6 Å². The second kappa shape index (κ2) is 10.4. The highest BCUT2D eigenvalue weighted by molar-refractivity contribution is 8.00. The van der Waals surface area contributed by atoms with Gasteiger partial charge in [-0.15, -0.1) is 11.8 Å². The number of anilines is 1. The molecule has 3 aliphatic rings. The van der Waals surface area contributed by atoms with Gasteiger partial charge < -0.3 is 21.0 Å². The number of carboxylic acids is 1. The van der Waals surface area contributed by atoms with E-state index in [1.807, 2.05) is 5.51 Å². The van der Waals surface area contributed by atoms with Crippen molar-refractivity contribution < 1.29 is 28.9 Å². The number of nitrogen functional groups attached to an aromatic ring is 1. The van der Waals surface area contributed by atoms with Crippen LogP contribution in [0.25, 0.3) is 0 Å². The zero-order chi connectivity index (χ0) is 26.3. The normalized spacial score (nSPS) is 23.3. The molecule has 1 fully saturated rings. The Kier molecular flexibility index (Phi) is 7.18. The van der Waals surface area contributed by atoms with E-state index in [0.717, 1.165) is 30.8 Å². The predicted octanol–water partition coefficient (Wildman–Crippen LogP) is 0.774. The number of thioether (sulfide) groups is 1. The molecule has 2 aromatic rings. The third-order valence-corrected chi connectivity index (χ3v) is 9.38. The van der Waals surface area contributed by atoms with Crippen molar-refractivity contribution in [2.24, 2.45) is 11.1 Å². The van der Waals surface area contributed by atoms with Gasteiger partial charge in [0.05, 0.1) is 4.88 Å². The van der Waals surface area contributed by atoms with Gasteiger partial charge in [-0.25, -0.2) is 4.79 Å². The average Bonchev–Trinajstić information content (AvgIpc) is 3.47. The van der Waals surface area contributed by atoms with E-state index in [0.29, 0.717) is 23.8 Å². The number of thiazole rings is 1. The number of carbonyl (C=O) groups excluding carboxylic acids is 2. The summed E-state index contributed by atoms with van der Waals surface area (Å²) in [7, 11) is 0. The summed E-state index contributed by atoms with van der Waals surface area (Å²) in [6.07, 6.45) is 3.11. The molecule has 37 heavy (non-hydrogen) atoms. The Balaban J connectivity index is 1.34. The Morgan fingerprint density at radius 1 is 1.43 bits per heavy atom. The largest absolute Gasteiger partial charge is 0.477 e. The molecule has 12 nitrogen and oxygen atoms in total. The molecule has 5 rings (SSSR count). The minimum atomic E-state index is -1.16. The highest BCUT2D eigenvalue weighted by Gasteiger charge is 2.55. The molecule has 2 aromatic heterocycles. The van der Waals surface area contributed by atoms with Crippen LogP contribution in [0.2, 0.25) is 0 Å². The van der Waals surface area contributed by atoms with Crippen LogP contribution in [-0.2, 0) is 38.6 Å². The van der Waals surface area contributed by atoms with Crippen LogP contribution in [-0.4, -0.2) is 66.6 Å². The molecule has 196 valence electrons. The lowest BCUT2D eigenvalue weighted by molar-refractivity contribution is -0.692. The van der Waals surface area contributed by atoms with E-state index in [1.54, 1.807) is 18.3 Å². The Labute approximate surface area is 224 Å². The molecule has 2 amide bonds. The summed E-state index contributed by atoms with van der Waals surface area (Å²) in [4.78, 5) is 50.0. The fourth-order valence-electron chi connectivity index (χ4n) is 4.67. The molecule has 0 saturated carbocycles. The van der Waals surface area contributed by atoms with Gasteiger partial charge in [-0.05, 0) is 25.7 Å². The molecular formula is C22H26N7O5S3+. The lowest BCUT2D eigenvalue weighted by atomic mass is 9.92. The highest BCUT2D eigenvalue weighted by atomic mass is 32.2. The number of hydrogen-bond donors (Lipinski definition) is 3. The maximum atomic E-state index is 13.1. The second-order valence-electron chi connectivity index (χ2n) is 9.00. The zero-order valence-electron chi connectivity index (χ0n) is 20.2. The number of carboxylic acid groups (broad SMARTS) is 1. The highest BCUT2D eigenvalue weighted by Crippen LogP contribution is 2.40. The summed E-state index contributed by atoms with van der Waals surface area (Å²) in [5, 5.41) is 16.1. The van der Waals surface area contributed by atoms with Gasteiger partial charge in [-0.2, -0.15) is 13.9 Å². The van der Waals surface area contributed by atoms with E-state index in [2.05, 4.69) is 31.3 Å². The molecule has 1 unspecified atom stereocenters. The quantitative estimate of drug-likeness (QED) is 0.182. The first-order valence-corrected chi connectivity index (χ1v) is 14.5. The minimum absolute atomic E-state index is 0.00646. The summed E-state index contributed by atoms with van der Waals surface area (Å²) < 4.78 is 6.13. The first kappa shape index (κ1) is 25.6. The van der Waals surface area contributed by atoms with Crippen LogP contribution >= 0.6 is 34.6 Å². The minimum Gasteiger partial charge on any atom is -0.477 e. The van der Waals surface area contributed by atoms with Gasteiger partial charge in [0.2, 0.25) is 17.0 Å². The van der Waals surface area contributed by atoms with E-state index in [-0.39, 0.29) is 29.0 Å². The summed E-state index contributed by atoms with van der Waals surface area (Å²) in [6.45, 7) is 4.58. The van der Waals surface area contributed by atoms with Gasteiger partial charge in [0.25, 0.3) is 11.8 Å². The van der Waals surface area contributed by atoms with Crippen molar-refractivity contribution in [3.8, 4) is 0 Å². The first-order valence-electron chi connectivity index (χ1n) is 11.8. The molecule has 0 radical (unpaired) electrons. The van der Waals surface area contributed by atoms with Crippen molar-refractivity contribution >= 4 is 63.3 Å². The van der Waals surface area contributed by atoms with Gasteiger partial charge in [-0.1, -0.05) is 23.4 Å². The van der Waals surface area contributed by atoms with Gasteiger partial charge in [-0.3, -0.25) is 14.5 Å². The maximum absolute atomic E-state index is 13.1. The monoisotopic (exact) mass is 564 g/mol. The molecule has 15 heteroatoms. The number of nitrogens with zero attached hydrogens (tertiary/aromatic N) is 5. The number of β-lactam (4-membered cyclic amide) rings is 1. The Morgan fingerprint density at radius 2 is 2.24 bits per heavy atom. The van der Waals surface area contributed by atoms with E-state index in [1.165, 1.54) is 27.2 Å². The number of nitrogens with two attached hydrogens (primary N) is 1. The number of amides is 2. The summed E-state index contributed by atoms with van der Waals surface area (Å²) in [5.74, 6) is -1.28. The number of aliphatic carboxylic acids is 1. The molecule has 0 bridgehead atoms. The van der Waals surface area contributed by atoms with Crippen LogP contribution in [0.4, 0.5) is 5.13 Å². The number of rotatable bonds is 8. The van der Waals surface area contributed by atoms with E-state index >= 15 is 0 Å². The molecule has 4 heterocycles. The van der Waals surface area contributed by atoms with Crippen molar-refractivity contribution in [2.75, 3.05) is 18.1 Å². The van der Waals surface area contributed by atoms with Gasteiger partial charge >= 0.3 is 5.97 Å². The Bertz CT molecular complexity index is 1320. The third kappa shape index (κ3) is 4.82. The van der Waals surface area contributed by atoms with Crippen molar-refractivity contribution in [3.63, 3.8) is 0 Å². The number of oxime groups is 1. The van der Waals surface area contributed by atoms with Crippen molar-refractivity contribution in [2.45, 2.75) is 51.1 Å². The second-order valence-corrected chi connectivity index (χ2v) is 11.8. The van der Waals surface area contributed by atoms with Gasteiger partial charge in [0.15, 0.2) is 17.4 Å². The maximum Gasteiger partial charge on any atom is 0.352 e. The summed E-state index contributed by atoms with van der Waals surface area (Å²) in [6, 6.07) is -0.917. The van der Waals surface area contributed by atoms with Crippen LogP contribution in [0.5, 0.6) is 0 Å². The van der Waals surface area contributed by atoms with Crippen LogP contribution in [0.1, 0.15) is 36.7 Å². The SMILES string of the molecule is CCO/N=C(\C(=O)N[C@@H]1C(=O)N2C(C(=O)O)=C(C[n+]3csc4c3CCC(C)C4)CS[C@@H]12)c1nsc(N)n1. The number of nitrogens with one attached hydrogen (secondary N) is 1. The van der Waals surface area contributed by atoms with Crippen LogP contribution in [0.3, 0.4) is 0 Å². The lowest BCUT2D eigenvalue weighted by Crippen LogP contribution is -2.71. The van der Waals surface area contributed by atoms with Crippen molar-refractivity contribution in [1.82, 2.24) is 19.6 Å². The Hall–Kier alpha value is -3.04. The zero-order valence-corrected chi connectivity index (χ0v) is 22.6. The number of carbonyl (C=O) groups is 3. The number of fused-ring (bicyclic) bond motifs is 2. The third-order valence-electron chi connectivity index (χ3n) is 6.45. The number of hydrogen-bond acceptors (Lipinski definition) is 11. The fraction of sp³-hybridized carbons (Fsp3) is 0.500. The van der Waals surface area contributed by atoms with Gasteiger partial charge in [0, 0.05) is 29.3 Å². The molecule has 2 aliphatic heterocycles. The average molecular weight is 565 g/mol. The molecule has 1 saturated heterocycles.